The fraction of sp³-hybridized carbons (Fsp3) is 0.533. The number of halogens is 1. The molecule has 1 amide bonds. The Morgan fingerprint density at radius 2 is 2.00 bits per heavy atom. The molecule has 0 atom stereocenters. The van der Waals surface area contributed by atoms with Crippen molar-refractivity contribution in [1.82, 2.24) is 4.90 Å². The number of primary amides is 1. The molecule has 0 aliphatic carbocycles. The topological polar surface area (TPSA) is 72.3 Å². The minimum absolute atomic E-state index is 0.221. The first-order chi connectivity index (χ1) is 9.58. The highest BCUT2D eigenvalue weighted by atomic mass is 19.1. The average Bonchev–Trinajstić information content (AvgIpc) is 2.41. The van der Waals surface area contributed by atoms with E-state index >= 15 is 0 Å². The fourth-order valence-corrected chi connectivity index (χ4v) is 2.81. The number of rotatable bonds is 5. The van der Waals surface area contributed by atoms with Gasteiger partial charge in [-0.1, -0.05) is 6.07 Å². The van der Waals surface area contributed by atoms with E-state index in [2.05, 4.69) is 4.90 Å². The van der Waals surface area contributed by atoms with Crippen LogP contribution in [-0.2, 0) is 17.9 Å². The summed E-state index contributed by atoms with van der Waals surface area (Å²) in [5.74, 6) is -0.0509. The summed E-state index contributed by atoms with van der Waals surface area (Å²) in [7, 11) is 0. The third-order valence-electron chi connectivity index (χ3n) is 3.98. The molecule has 1 saturated heterocycles. The molecule has 5 heteroatoms. The van der Waals surface area contributed by atoms with Gasteiger partial charge < -0.3 is 11.5 Å². The van der Waals surface area contributed by atoms with Crippen molar-refractivity contribution >= 4 is 5.91 Å². The molecule has 4 nitrogen and oxygen atoms in total. The van der Waals surface area contributed by atoms with Crippen molar-refractivity contribution in [2.75, 3.05) is 13.1 Å². The molecule has 1 heterocycles. The van der Waals surface area contributed by atoms with Gasteiger partial charge in [0.2, 0.25) is 5.91 Å². The highest BCUT2D eigenvalue weighted by Gasteiger charge is 2.21. The van der Waals surface area contributed by atoms with Crippen molar-refractivity contribution < 1.29 is 9.18 Å². The lowest BCUT2D eigenvalue weighted by Gasteiger charge is -2.31. The number of carbonyl (C=O) groups is 1. The molecule has 1 aliphatic heterocycles. The van der Waals surface area contributed by atoms with Gasteiger partial charge in [0.15, 0.2) is 0 Å². The Hall–Kier alpha value is -1.46. The predicted octanol–water partition coefficient (Wildman–Crippen LogP) is 1.37. The van der Waals surface area contributed by atoms with E-state index in [1.54, 1.807) is 12.1 Å². The van der Waals surface area contributed by atoms with Gasteiger partial charge in [0, 0.05) is 19.5 Å². The van der Waals surface area contributed by atoms with Gasteiger partial charge >= 0.3 is 0 Å². The second-order valence-electron chi connectivity index (χ2n) is 5.51. The molecule has 4 N–H and O–H groups in total. The number of amides is 1. The first-order valence-corrected chi connectivity index (χ1v) is 7.06. The smallest absolute Gasteiger partial charge is 0.217 e. The van der Waals surface area contributed by atoms with Crippen molar-refractivity contribution in [2.45, 2.75) is 32.4 Å². The van der Waals surface area contributed by atoms with Gasteiger partial charge in [0.05, 0.1) is 0 Å². The molecule has 1 aromatic carbocycles. The molecule has 1 aromatic rings. The highest BCUT2D eigenvalue weighted by Crippen LogP contribution is 2.22. The number of nitrogens with two attached hydrogens (primary N) is 2. The van der Waals surface area contributed by atoms with Crippen LogP contribution in [0.25, 0.3) is 0 Å². The molecule has 0 bridgehead atoms. The second kappa shape index (κ2) is 6.81. The van der Waals surface area contributed by atoms with E-state index in [9.17, 15) is 9.18 Å². The first kappa shape index (κ1) is 14.9. The number of benzene rings is 1. The number of hydrogen-bond donors (Lipinski definition) is 2. The summed E-state index contributed by atoms with van der Waals surface area (Å²) in [5.41, 5.74) is 12.9. The van der Waals surface area contributed by atoms with Gasteiger partial charge in [-0.2, -0.15) is 0 Å². The summed E-state index contributed by atoms with van der Waals surface area (Å²) in [4.78, 5) is 13.2. The zero-order valence-corrected chi connectivity index (χ0v) is 11.6. The molecule has 0 spiro atoms. The SMILES string of the molecule is NCc1ccc(F)cc1CN1CCC(CC(N)=O)CC1. The van der Waals surface area contributed by atoms with Crippen molar-refractivity contribution in [3.05, 3.63) is 35.1 Å². The lowest BCUT2D eigenvalue weighted by Crippen LogP contribution is -2.35. The molecule has 0 aromatic heterocycles. The normalized spacial score (nSPS) is 17.3. The Bertz CT molecular complexity index is 470. The molecular formula is C15H22FN3O. The molecule has 2 rings (SSSR count). The molecule has 1 aliphatic rings. The number of carbonyl (C=O) groups excluding carboxylic acids is 1. The van der Waals surface area contributed by atoms with Gasteiger partial charge in [0.25, 0.3) is 0 Å². The predicted molar refractivity (Wildman–Crippen MR) is 76.1 cm³/mol. The van der Waals surface area contributed by atoms with Crippen molar-refractivity contribution in [3.63, 3.8) is 0 Å². The van der Waals surface area contributed by atoms with E-state index in [1.807, 2.05) is 0 Å². The Labute approximate surface area is 118 Å². The molecule has 0 unspecified atom stereocenters. The Morgan fingerprint density at radius 1 is 1.30 bits per heavy atom. The highest BCUT2D eigenvalue weighted by molar-refractivity contribution is 5.73. The third-order valence-corrected chi connectivity index (χ3v) is 3.98. The molecular weight excluding hydrogens is 257 g/mol. The molecule has 1 fully saturated rings. The molecule has 110 valence electrons. The molecule has 20 heavy (non-hydrogen) atoms. The quantitative estimate of drug-likeness (QED) is 0.855. The lowest BCUT2D eigenvalue weighted by molar-refractivity contribution is -0.119. The second-order valence-corrected chi connectivity index (χ2v) is 5.51. The Balaban J connectivity index is 1.92. The maximum absolute atomic E-state index is 13.3. The number of likely N-dealkylation sites (tertiary alicyclic amines) is 1. The minimum atomic E-state index is -0.223. The van der Waals surface area contributed by atoms with Gasteiger partial charge in [-0.15, -0.1) is 0 Å². The number of nitrogens with zero attached hydrogens (tertiary/aromatic N) is 1. The summed E-state index contributed by atoms with van der Waals surface area (Å²) in [6.45, 7) is 2.97. The van der Waals surface area contributed by atoms with Crippen LogP contribution in [0.2, 0.25) is 0 Å². The number of piperidine rings is 1. The largest absolute Gasteiger partial charge is 0.370 e. The van der Waals surface area contributed by atoms with Crippen LogP contribution in [0.3, 0.4) is 0 Å². The standard InChI is InChI=1S/C15H22FN3O/c16-14-2-1-12(9-17)13(8-14)10-19-5-3-11(4-6-19)7-15(18)20/h1-2,8,11H,3-7,9-10,17H2,(H2,18,20). The third kappa shape index (κ3) is 4.02. The van der Waals surface area contributed by atoms with E-state index in [0.29, 0.717) is 25.4 Å². The zero-order valence-electron chi connectivity index (χ0n) is 11.6. The van der Waals surface area contributed by atoms with Gasteiger partial charge in [0.1, 0.15) is 5.82 Å². The zero-order chi connectivity index (χ0) is 14.5. The maximum Gasteiger partial charge on any atom is 0.217 e. The molecule has 0 radical (unpaired) electrons. The van der Waals surface area contributed by atoms with Gasteiger partial charge in [-0.05, 0) is 55.1 Å². The summed E-state index contributed by atoms with van der Waals surface area (Å²) in [5, 5.41) is 0. The average molecular weight is 279 g/mol. The van der Waals surface area contributed by atoms with E-state index in [1.165, 1.54) is 6.07 Å². The monoisotopic (exact) mass is 279 g/mol. The van der Waals surface area contributed by atoms with Crippen molar-refractivity contribution in [2.24, 2.45) is 17.4 Å². The fourth-order valence-electron chi connectivity index (χ4n) is 2.81. The van der Waals surface area contributed by atoms with Crippen LogP contribution in [-0.4, -0.2) is 23.9 Å². The van der Waals surface area contributed by atoms with E-state index in [0.717, 1.165) is 37.1 Å². The van der Waals surface area contributed by atoms with E-state index in [-0.39, 0.29) is 11.7 Å². The lowest BCUT2D eigenvalue weighted by atomic mass is 9.93. The van der Waals surface area contributed by atoms with Crippen molar-refractivity contribution in [3.8, 4) is 0 Å². The maximum atomic E-state index is 13.3. The first-order valence-electron chi connectivity index (χ1n) is 7.06. The van der Waals surface area contributed by atoms with Crippen LogP contribution < -0.4 is 11.5 Å². The Kier molecular flexibility index (Phi) is 5.09. The summed E-state index contributed by atoms with van der Waals surface area (Å²) >= 11 is 0. The van der Waals surface area contributed by atoms with Crippen LogP contribution in [0, 0.1) is 11.7 Å². The van der Waals surface area contributed by atoms with Crippen LogP contribution in [0.5, 0.6) is 0 Å². The number of hydrogen-bond acceptors (Lipinski definition) is 3. The summed E-state index contributed by atoms with van der Waals surface area (Å²) < 4.78 is 13.3. The van der Waals surface area contributed by atoms with E-state index < -0.39 is 0 Å². The van der Waals surface area contributed by atoms with E-state index in [4.69, 9.17) is 11.5 Å². The molecule has 0 saturated carbocycles. The van der Waals surface area contributed by atoms with Crippen LogP contribution >= 0.6 is 0 Å². The van der Waals surface area contributed by atoms with Gasteiger partial charge in [-0.3, -0.25) is 9.69 Å². The van der Waals surface area contributed by atoms with Crippen LogP contribution in [0.4, 0.5) is 4.39 Å². The minimum Gasteiger partial charge on any atom is -0.370 e. The summed E-state index contributed by atoms with van der Waals surface area (Å²) in [6.07, 6.45) is 2.41. The van der Waals surface area contributed by atoms with Gasteiger partial charge in [-0.25, -0.2) is 4.39 Å². The van der Waals surface area contributed by atoms with Crippen LogP contribution in [0.15, 0.2) is 18.2 Å². The summed E-state index contributed by atoms with van der Waals surface area (Å²) in [6, 6.07) is 4.77. The van der Waals surface area contributed by atoms with Crippen molar-refractivity contribution in [1.29, 1.82) is 0 Å². The van der Waals surface area contributed by atoms with Crippen LogP contribution in [0.1, 0.15) is 30.4 Å². The Morgan fingerprint density at radius 3 is 2.60 bits per heavy atom.